The van der Waals surface area contributed by atoms with Gasteiger partial charge >= 0.3 is 6.18 Å². The van der Waals surface area contributed by atoms with Crippen LogP contribution in [0.5, 0.6) is 0 Å². The number of aryl methyl sites for hydroxylation is 2. The van der Waals surface area contributed by atoms with E-state index in [2.05, 4.69) is 35.7 Å². The molecule has 186 valence electrons. The summed E-state index contributed by atoms with van der Waals surface area (Å²) in [5.74, 6) is 0.282. The molecule has 5 rings (SSSR count). The molecular weight excluding hydrogens is 485 g/mol. The highest BCUT2D eigenvalue weighted by molar-refractivity contribution is 6.05. The molecule has 0 aliphatic heterocycles. The Morgan fingerprint density at radius 3 is 2.54 bits per heavy atom. The number of rotatable bonds is 5. The minimum absolute atomic E-state index is 0.0394. The van der Waals surface area contributed by atoms with E-state index in [1.54, 1.807) is 48.5 Å². The second kappa shape index (κ2) is 9.30. The molecule has 3 heterocycles. The van der Waals surface area contributed by atoms with E-state index in [9.17, 15) is 18.0 Å². The number of amides is 1. The minimum Gasteiger partial charge on any atom is -0.339 e. The Labute approximate surface area is 208 Å². The van der Waals surface area contributed by atoms with E-state index in [0.29, 0.717) is 33.9 Å². The number of aromatic nitrogens is 6. The summed E-state index contributed by atoms with van der Waals surface area (Å²) >= 11 is 0. The third kappa shape index (κ3) is 4.94. The predicted molar refractivity (Wildman–Crippen MR) is 131 cm³/mol. The summed E-state index contributed by atoms with van der Waals surface area (Å²) in [6.45, 7) is 1.85. The molecule has 2 aromatic carbocycles. The molecule has 0 saturated heterocycles. The number of carbonyl (C=O) groups excluding carboxylic acids is 1. The highest BCUT2D eigenvalue weighted by Gasteiger charge is 2.30. The molecule has 5 aromatic rings. The quantitative estimate of drug-likeness (QED) is 0.341. The Balaban J connectivity index is 1.47. The first kappa shape index (κ1) is 23.9. The Morgan fingerprint density at radius 1 is 1.00 bits per heavy atom. The van der Waals surface area contributed by atoms with E-state index in [-0.39, 0.29) is 11.3 Å². The number of anilines is 3. The number of carbonyl (C=O) groups is 1. The van der Waals surface area contributed by atoms with Crippen molar-refractivity contribution in [2.24, 2.45) is 7.05 Å². The average molecular weight is 504 g/mol. The number of nitrogens with one attached hydrogen (secondary N) is 2. The minimum atomic E-state index is -4.51. The number of nitrogens with zero attached hydrogens (tertiary/aromatic N) is 6. The molecule has 0 aliphatic rings. The molecule has 1 amide bonds. The van der Waals surface area contributed by atoms with E-state index in [4.69, 9.17) is 0 Å². The second-order valence-corrected chi connectivity index (χ2v) is 8.22. The summed E-state index contributed by atoms with van der Waals surface area (Å²) < 4.78 is 40.7. The van der Waals surface area contributed by atoms with Gasteiger partial charge in [-0.05, 0) is 42.8 Å². The van der Waals surface area contributed by atoms with E-state index >= 15 is 0 Å². The first-order valence-electron chi connectivity index (χ1n) is 11.0. The highest BCUT2D eigenvalue weighted by atomic mass is 19.4. The SMILES string of the molecule is Cc1ccc(C(=O)Nc2cccc(C(F)(F)F)c2)cc1Nc1nc(-c2cncnc2)nc2c1cnn2C. The smallest absolute Gasteiger partial charge is 0.339 e. The maximum Gasteiger partial charge on any atom is 0.416 e. The molecule has 12 heteroatoms. The second-order valence-electron chi connectivity index (χ2n) is 8.22. The number of hydrogen-bond acceptors (Lipinski definition) is 7. The van der Waals surface area contributed by atoms with Gasteiger partial charge in [0.1, 0.15) is 12.1 Å². The van der Waals surface area contributed by atoms with E-state index in [1.165, 1.54) is 18.5 Å². The Morgan fingerprint density at radius 2 is 1.78 bits per heavy atom. The largest absolute Gasteiger partial charge is 0.416 e. The number of alkyl halides is 3. The molecule has 0 saturated carbocycles. The van der Waals surface area contributed by atoms with Gasteiger partial charge in [0.15, 0.2) is 11.5 Å². The standard InChI is InChI=1S/C25H19F3N8O/c1-14-6-7-15(24(37)32-18-5-3-4-17(9-18)25(26,27)28)8-20(14)33-22-19-12-31-36(2)23(19)35-21(34-22)16-10-29-13-30-11-16/h3-13H,1-2H3,(H,32,37)(H,33,34,35). The lowest BCUT2D eigenvalue weighted by Gasteiger charge is -2.13. The van der Waals surface area contributed by atoms with Gasteiger partial charge in [0.25, 0.3) is 5.91 Å². The zero-order valence-corrected chi connectivity index (χ0v) is 19.6. The Hall–Kier alpha value is -4.87. The van der Waals surface area contributed by atoms with Crippen molar-refractivity contribution in [3.8, 4) is 11.4 Å². The molecule has 37 heavy (non-hydrogen) atoms. The van der Waals surface area contributed by atoms with Crippen molar-refractivity contribution in [3.63, 3.8) is 0 Å². The van der Waals surface area contributed by atoms with Crippen LogP contribution in [0.1, 0.15) is 21.5 Å². The summed E-state index contributed by atoms with van der Waals surface area (Å²) in [5, 5.41) is 10.7. The highest BCUT2D eigenvalue weighted by Crippen LogP contribution is 2.31. The molecule has 3 aromatic heterocycles. The summed E-state index contributed by atoms with van der Waals surface area (Å²) in [6.07, 6.45) is 1.71. The first-order chi connectivity index (χ1) is 17.7. The van der Waals surface area contributed by atoms with Crippen LogP contribution in [-0.2, 0) is 13.2 Å². The van der Waals surface area contributed by atoms with Gasteiger partial charge in [0.05, 0.1) is 22.7 Å². The lowest BCUT2D eigenvalue weighted by molar-refractivity contribution is -0.137. The molecule has 0 bridgehead atoms. The molecule has 0 unspecified atom stereocenters. The lowest BCUT2D eigenvalue weighted by atomic mass is 10.1. The van der Waals surface area contributed by atoms with Gasteiger partial charge in [-0.3, -0.25) is 9.48 Å². The van der Waals surface area contributed by atoms with Crippen LogP contribution >= 0.6 is 0 Å². The number of benzene rings is 2. The number of hydrogen-bond donors (Lipinski definition) is 2. The molecular formula is C25H19F3N8O. The maximum absolute atomic E-state index is 13.0. The monoisotopic (exact) mass is 504 g/mol. The summed E-state index contributed by atoms with van der Waals surface area (Å²) in [7, 11) is 1.76. The van der Waals surface area contributed by atoms with E-state index < -0.39 is 17.6 Å². The molecule has 0 aliphatic carbocycles. The van der Waals surface area contributed by atoms with Crippen molar-refractivity contribution in [1.82, 2.24) is 29.7 Å². The van der Waals surface area contributed by atoms with Crippen LogP contribution < -0.4 is 10.6 Å². The first-order valence-corrected chi connectivity index (χ1v) is 11.0. The van der Waals surface area contributed by atoms with Crippen molar-refractivity contribution in [1.29, 1.82) is 0 Å². The van der Waals surface area contributed by atoms with Crippen LogP contribution in [0.4, 0.5) is 30.4 Å². The van der Waals surface area contributed by atoms with Gasteiger partial charge in [0, 0.05) is 36.4 Å². The Bertz CT molecular complexity index is 1620. The van der Waals surface area contributed by atoms with E-state index in [1.807, 2.05) is 6.92 Å². The fourth-order valence-corrected chi connectivity index (χ4v) is 3.66. The zero-order valence-electron chi connectivity index (χ0n) is 19.6. The predicted octanol–water partition coefficient (Wildman–Crippen LogP) is 5.14. The molecule has 0 fully saturated rings. The van der Waals surface area contributed by atoms with Crippen molar-refractivity contribution in [2.75, 3.05) is 10.6 Å². The van der Waals surface area contributed by atoms with Crippen LogP contribution in [0.15, 0.2) is 67.4 Å². The normalized spacial score (nSPS) is 11.5. The molecule has 9 nitrogen and oxygen atoms in total. The van der Waals surface area contributed by atoms with Crippen LogP contribution in [0.3, 0.4) is 0 Å². The van der Waals surface area contributed by atoms with Crippen LogP contribution in [0, 0.1) is 6.92 Å². The van der Waals surface area contributed by atoms with Gasteiger partial charge in [-0.25, -0.2) is 19.9 Å². The molecule has 2 N–H and O–H groups in total. The van der Waals surface area contributed by atoms with Crippen molar-refractivity contribution < 1.29 is 18.0 Å². The van der Waals surface area contributed by atoms with Crippen LogP contribution in [-0.4, -0.2) is 35.6 Å². The van der Waals surface area contributed by atoms with Gasteiger partial charge in [-0.2, -0.15) is 18.3 Å². The molecule has 0 atom stereocenters. The van der Waals surface area contributed by atoms with Gasteiger partial charge < -0.3 is 10.6 Å². The van der Waals surface area contributed by atoms with Gasteiger partial charge in [0.2, 0.25) is 0 Å². The topological polar surface area (TPSA) is 111 Å². The third-order valence-corrected chi connectivity index (χ3v) is 5.61. The van der Waals surface area contributed by atoms with Crippen LogP contribution in [0.2, 0.25) is 0 Å². The molecule has 0 radical (unpaired) electrons. The van der Waals surface area contributed by atoms with Crippen molar-refractivity contribution in [2.45, 2.75) is 13.1 Å². The summed E-state index contributed by atoms with van der Waals surface area (Å²) in [4.78, 5) is 30.1. The van der Waals surface area contributed by atoms with Gasteiger partial charge in [-0.1, -0.05) is 12.1 Å². The molecule has 0 spiro atoms. The Kier molecular flexibility index (Phi) is 5.99. The number of halogens is 3. The lowest BCUT2D eigenvalue weighted by Crippen LogP contribution is -2.13. The number of fused-ring (bicyclic) bond motifs is 1. The summed E-state index contributed by atoms with van der Waals surface area (Å²) in [5.41, 5.74) is 2.02. The van der Waals surface area contributed by atoms with Crippen molar-refractivity contribution in [3.05, 3.63) is 84.1 Å². The van der Waals surface area contributed by atoms with Crippen molar-refractivity contribution >= 4 is 34.1 Å². The van der Waals surface area contributed by atoms with Gasteiger partial charge in [-0.15, -0.1) is 0 Å². The average Bonchev–Trinajstić information content (AvgIpc) is 3.26. The van der Waals surface area contributed by atoms with Crippen LogP contribution in [0.25, 0.3) is 22.4 Å². The van der Waals surface area contributed by atoms with E-state index in [0.717, 1.165) is 17.7 Å². The maximum atomic E-state index is 13.0. The fourth-order valence-electron chi connectivity index (χ4n) is 3.66. The summed E-state index contributed by atoms with van der Waals surface area (Å²) in [6, 6.07) is 9.40. The zero-order chi connectivity index (χ0) is 26.2. The third-order valence-electron chi connectivity index (χ3n) is 5.61. The fraction of sp³-hybridized carbons (Fsp3) is 0.120.